The molecule has 0 bridgehead atoms. The van der Waals surface area contributed by atoms with Gasteiger partial charge in [-0.3, -0.25) is 4.79 Å². The van der Waals surface area contributed by atoms with Crippen molar-refractivity contribution in [3.05, 3.63) is 41.3 Å². The quantitative estimate of drug-likeness (QED) is 0.883. The monoisotopic (exact) mass is 346 g/mol. The number of aryl methyl sites for hydroxylation is 2. The predicted molar refractivity (Wildman–Crippen MR) is 89.2 cm³/mol. The number of carbonyl (C=O) groups is 2. The molecule has 0 radical (unpaired) electrons. The van der Waals surface area contributed by atoms with E-state index in [0.29, 0.717) is 25.0 Å². The summed E-state index contributed by atoms with van der Waals surface area (Å²) < 4.78 is 16.8. The Morgan fingerprint density at radius 1 is 1.24 bits per heavy atom. The second-order valence-electron chi connectivity index (χ2n) is 6.69. The molecule has 3 unspecified atom stereocenters. The van der Waals surface area contributed by atoms with Crippen LogP contribution in [0.4, 0.5) is 0 Å². The largest absolute Gasteiger partial charge is 0.493 e. The molecule has 1 fully saturated rings. The molecule has 134 valence electrons. The van der Waals surface area contributed by atoms with E-state index < -0.39 is 5.97 Å². The molecule has 0 spiro atoms. The molecular formula is C19H22O6. The lowest BCUT2D eigenvalue weighted by Gasteiger charge is -2.36. The van der Waals surface area contributed by atoms with E-state index in [9.17, 15) is 9.59 Å². The number of fused-ring (bicyclic) bond motifs is 1. The second kappa shape index (κ2) is 7.27. The third kappa shape index (κ3) is 4.20. The minimum Gasteiger partial charge on any atom is -0.493 e. The number of carboxylic acids is 1. The summed E-state index contributed by atoms with van der Waals surface area (Å²) in [6.07, 6.45) is 2.64. The minimum atomic E-state index is -0.994. The molecule has 1 saturated carbocycles. The summed E-state index contributed by atoms with van der Waals surface area (Å²) in [5.41, 5.74) is 2.13. The van der Waals surface area contributed by atoms with Gasteiger partial charge in [-0.2, -0.15) is 0 Å². The zero-order valence-electron chi connectivity index (χ0n) is 14.4. The Kier molecular flexibility index (Phi) is 5.08. The van der Waals surface area contributed by atoms with Crippen LogP contribution in [0.25, 0.3) is 0 Å². The molecule has 0 amide bonds. The van der Waals surface area contributed by atoms with E-state index in [0.717, 1.165) is 11.1 Å². The van der Waals surface area contributed by atoms with Gasteiger partial charge in [0, 0.05) is 6.42 Å². The number of aliphatic carboxylic acids is 1. The highest BCUT2D eigenvalue weighted by Gasteiger charge is 2.41. The average Bonchev–Trinajstić information content (AvgIpc) is 2.54. The smallest absolute Gasteiger partial charge is 0.329 e. The Labute approximate surface area is 146 Å². The number of carboxylic acid groups (broad SMARTS) is 1. The lowest BCUT2D eigenvalue weighted by atomic mass is 9.80. The topological polar surface area (TPSA) is 82.1 Å². The summed E-state index contributed by atoms with van der Waals surface area (Å²) in [7, 11) is 0. The number of hydrogen-bond acceptors (Lipinski definition) is 5. The summed E-state index contributed by atoms with van der Waals surface area (Å²) in [5.74, 6) is -0.483. The normalized spacial score (nSPS) is 25.6. The van der Waals surface area contributed by atoms with Crippen LogP contribution in [-0.4, -0.2) is 35.7 Å². The SMILES string of the molecule is Cc1cc(C)cc(OC2=COC3CC(OCC(=O)O)CCC3C2=O)c1. The Morgan fingerprint density at radius 2 is 1.96 bits per heavy atom. The van der Waals surface area contributed by atoms with Crippen molar-refractivity contribution < 1.29 is 28.9 Å². The van der Waals surface area contributed by atoms with Crippen LogP contribution in [0, 0.1) is 19.8 Å². The van der Waals surface area contributed by atoms with Crippen LogP contribution in [-0.2, 0) is 19.1 Å². The first kappa shape index (κ1) is 17.5. The van der Waals surface area contributed by atoms with Gasteiger partial charge in [-0.05, 0) is 49.9 Å². The first-order chi connectivity index (χ1) is 11.9. The van der Waals surface area contributed by atoms with Crippen LogP contribution >= 0.6 is 0 Å². The maximum atomic E-state index is 12.7. The molecule has 1 aromatic carbocycles. The third-order valence-electron chi connectivity index (χ3n) is 4.54. The third-order valence-corrected chi connectivity index (χ3v) is 4.54. The summed E-state index contributed by atoms with van der Waals surface area (Å²) in [4.78, 5) is 23.3. The van der Waals surface area contributed by atoms with Crippen molar-refractivity contribution in [1.82, 2.24) is 0 Å². The van der Waals surface area contributed by atoms with Crippen LogP contribution in [0.15, 0.2) is 30.2 Å². The van der Waals surface area contributed by atoms with Crippen molar-refractivity contribution in [2.45, 2.75) is 45.3 Å². The van der Waals surface area contributed by atoms with Gasteiger partial charge >= 0.3 is 5.97 Å². The van der Waals surface area contributed by atoms with E-state index >= 15 is 0 Å². The summed E-state index contributed by atoms with van der Waals surface area (Å²) >= 11 is 0. The van der Waals surface area contributed by atoms with Gasteiger partial charge in [0.15, 0.2) is 0 Å². The fourth-order valence-corrected chi connectivity index (χ4v) is 3.47. The molecule has 1 aliphatic carbocycles. The number of allylic oxidation sites excluding steroid dienone is 1. The number of carbonyl (C=O) groups excluding carboxylic acids is 1. The van der Waals surface area contributed by atoms with E-state index in [1.807, 2.05) is 32.0 Å². The van der Waals surface area contributed by atoms with Gasteiger partial charge in [-0.15, -0.1) is 0 Å². The first-order valence-electron chi connectivity index (χ1n) is 8.42. The molecule has 0 saturated heterocycles. The Hall–Kier alpha value is -2.34. The molecule has 1 aliphatic heterocycles. The minimum absolute atomic E-state index is 0.0629. The number of benzene rings is 1. The van der Waals surface area contributed by atoms with Crippen molar-refractivity contribution in [3.8, 4) is 5.75 Å². The highest BCUT2D eigenvalue weighted by molar-refractivity contribution is 5.96. The van der Waals surface area contributed by atoms with Gasteiger partial charge in [0.25, 0.3) is 0 Å². The van der Waals surface area contributed by atoms with Crippen molar-refractivity contribution in [2.75, 3.05) is 6.61 Å². The van der Waals surface area contributed by atoms with Crippen LogP contribution in [0.5, 0.6) is 5.75 Å². The van der Waals surface area contributed by atoms with Gasteiger partial charge in [0.05, 0.1) is 12.0 Å². The maximum Gasteiger partial charge on any atom is 0.329 e. The van der Waals surface area contributed by atoms with Crippen LogP contribution in [0.2, 0.25) is 0 Å². The lowest BCUT2D eigenvalue weighted by molar-refractivity contribution is -0.149. The standard InChI is InChI=1S/C19H22O6/c1-11-5-12(2)7-14(6-11)25-17-9-24-16-8-13(23-10-18(20)21)3-4-15(16)19(17)22/h5-7,9,13,15-16H,3-4,8,10H2,1-2H3,(H,20,21). The second-order valence-corrected chi connectivity index (χ2v) is 6.69. The van der Waals surface area contributed by atoms with Gasteiger partial charge in [0.1, 0.15) is 24.7 Å². The Balaban J connectivity index is 1.66. The van der Waals surface area contributed by atoms with Crippen molar-refractivity contribution >= 4 is 11.8 Å². The lowest BCUT2D eigenvalue weighted by Crippen LogP contribution is -2.42. The zero-order chi connectivity index (χ0) is 18.0. The molecule has 0 aromatic heterocycles. The Bertz CT molecular complexity index is 688. The van der Waals surface area contributed by atoms with E-state index in [-0.39, 0.29) is 36.3 Å². The van der Waals surface area contributed by atoms with Crippen molar-refractivity contribution in [2.24, 2.45) is 5.92 Å². The molecule has 2 aliphatic rings. The Morgan fingerprint density at radius 3 is 2.64 bits per heavy atom. The van der Waals surface area contributed by atoms with Gasteiger partial charge in [0.2, 0.25) is 11.5 Å². The fraction of sp³-hybridized carbons (Fsp3) is 0.474. The molecular weight excluding hydrogens is 324 g/mol. The molecule has 1 aromatic rings. The number of rotatable bonds is 5. The van der Waals surface area contributed by atoms with Gasteiger partial charge in [-0.25, -0.2) is 4.79 Å². The zero-order valence-corrected chi connectivity index (χ0v) is 14.4. The highest BCUT2D eigenvalue weighted by Crippen LogP contribution is 2.35. The molecule has 3 atom stereocenters. The highest BCUT2D eigenvalue weighted by atomic mass is 16.5. The van der Waals surface area contributed by atoms with Gasteiger partial charge in [-0.1, -0.05) is 6.07 Å². The number of hydrogen-bond donors (Lipinski definition) is 1. The average molecular weight is 346 g/mol. The van der Waals surface area contributed by atoms with E-state index in [2.05, 4.69) is 0 Å². The maximum absolute atomic E-state index is 12.7. The van der Waals surface area contributed by atoms with Crippen LogP contribution < -0.4 is 4.74 Å². The molecule has 25 heavy (non-hydrogen) atoms. The van der Waals surface area contributed by atoms with Crippen LogP contribution in [0.1, 0.15) is 30.4 Å². The molecule has 6 nitrogen and oxygen atoms in total. The van der Waals surface area contributed by atoms with Crippen molar-refractivity contribution in [1.29, 1.82) is 0 Å². The number of ketones is 1. The van der Waals surface area contributed by atoms with E-state index in [1.165, 1.54) is 6.26 Å². The number of Topliss-reactive ketones (excluding diaryl/α,β-unsaturated/α-hetero) is 1. The molecule has 3 rings (SSSR count). The predicted octanol–water partition coefficient (Wildman–Crippen LogP) is 2.76. The van der Waals surface area contributed by atoms with E-state index in [4.69, 9.17) is 19.3 Å². The van der Waals surface area contributed by atoms with E-state index in [1.54, 1.807) is 0 Å². The molecule has 1 heterocycles. The summed E-state index contributed by atoms with van der Waals surface area (Å²) in [6, 6.07) is 5.79. The summed E-state index contributed by atoms with van der Waals surface area (Å²) in [5, 5.41) is 8.70. The van der Waals surface area contributed by atoms with Crippen molar-refractivity contribution in [3.63, 3.8) is 0 Å². The molecule has 1 N–H and O–H groups in total. The fourth-order valence-electron chi connectivity index (χ4n) is 3.47. The molecule has 6 heteroatoms. The van der Waals surface area contributed by atoms with Crippen LogP contribution in [0.3, 0.4) is 0 Å². The van der Waals surface area contributed by atoms with Gasteiger partial charge < -0.3 is 19.3 Å². The summed E-state index contributed by atoms with van der Waals surface area (Å²) in [6.45, 7) is 3.62. The first-order valence-corrected chi connectivity index (χ1v) is 8.42. The number of ether oxygens (including phenoxy) is 3.